The van der Waals surface area contributed by atoms with Crippen molar-refractivity contribution in [2.75, 3.05) is 5.32 Å². The summed E-state index contributed by atoms with van der Waals surface area (Å²) in [5.41, 5.74) is 0.292. The van der Waals surface area contributed by atoms with E-state index < -0.39 is 11.7 Å². The van der Waals surface area contributed by atoms with E-state index >= 15 is 0 Å². The molecule has 0 aliphatic rings. The van der Waals surface area contributed by atoms with Crippen LogP contribution in [0.1, 0.15) is 0 Å². The molecular weight excluding hydrogens is 272 g/mol. The van der Waals surface area contributed by atoms with E-state index in [9.17, 15) is 9.18 Å². The molecule has 2 nitrogen and oxygen atoms in total. The molecule has 1 aromatic carbocycles. The first-order chi connectivity index (χ1) is 6.54. The van der Waals surface area contributed by atoms with Crippen LogP contribution in [0.4, 0.5) is 10.1 Å². The number of benzene rings is 1. The molecule has 1 amide bonds. The molecule has 1 N–H and O–H groups in total. The van der Waals surface area contributed by atoms with Gasteiger partial charge < -0.3 is 5.32 Å². The lowest BCUT2D eigenvalue weighted by Gasteiger charge is -2.04. The lowest BCUT2D eigenvalue weighted by atomic mass is 10.3. The maximum Gasteiger partial charge on any atom is 0.247 e. The van der Waals surface area contributed by atoms with Crippen LogP contribution in [-0.2, 0) is 4.79 Å². The number of carbonyl (C=O) groups is 1. The van der Waals surface area contributed by atoms with E-state index in [4.69, 9.17) is 11.6 Å². The molecule has 0 saturated heterocycles. The highest BCUT2D eigenvalue weighted by Gasteiger charge is 2.07. The third kappa shape index (κ3) is 2.56. The predicted molar refractivity (Wildman–Crippen MR) is 57.9 cm³/mol. The van der Waals surface area contributed by atoms with Gasteiger partial charge >= 0.3 is 0 Å². The monoisotopic (exact) mass is 277 g/mol. The van der Waals surface area contributed by atoms with Crippen molar-refractivity contribution in [1.29, 1.82) is 0 Å². The third-order valence-electron chi connectivity index (χ3n) is 1.44. The number of hydrogen-bond donors (Lipinski definition) is 1. The fraction of sp³-hybridized carbons (Fsp3) is 0. The Hall–Kier alpha value is -0.870. The Labute approximate surface area is 93.9 Å². The molecule has 0 bridgehead atoms. The molecule has 0 heterocycles. The first-order valence-corrected chi connectivity index (χ1v) is 4.79. The second-order valence-electron chi connectivity index (χ2n) is 2.45. The van der Waals surface area contributed by atoms with Gasteiger partial charge in [0.1, 0.15) is 5.82 Å². The van der Waals surface area contributed by atoms with Gasteiger partial charge in [-0.25, -0.2) is 4.39 Å². The van der Waals surface area contributed by atoms with Gasteiger partial charge in [0.15, 0.2) is 0 Å². The van der Waals surface area contributed by atoms with Crippen LogP contribution in [0.25, 0.3) is 0 Å². The van der Waals surface area contributed by atoms with E-state index in [0.29, 0.717) is 5.69 Å². The van der Waals surface area contributed by atoms with Gasteiger partial charge in [-0.1, -0.05) is 18.2 Å². The van der Waals surface area contributed by atoms with Gasteiger partial charge in [0.25, 0.3) is 0 Å². The van der Waals surface area contributed by atoms with Crippen LogP contribution in [-0.4, -0.2) is 5.91 Å². The molecular formula is C9H6BrClFNO. The van der Waals surface area contributed by atoms with Crippen LogP contribution in [0.5, 0.6) is 0 Å². The van der Waals surface area contributed by atoms with Crippen LogP contribution in [0, 0.1) is 5.82 Å². The average Bonchev–Trinajstić information content (AvgIpc) is 2.14. The standard InChI is InChI=1S/C9H6BrClFNO/c1-2-8(14)13-5-3-6(11)9(10)7(12)4-5/h2-4H,1H2,(H,13,14). The maximum absolute atomic E-state index is 13.1. The molecule has 0 fully saturated rings. The molecule has 74 valence electrons. The molecule has 0 aliphatic carbocycles. The minimum atomic E-state index is -0.531. The van der Waals surface area contributed by atoms with Gasteiger partial charge in [-0.15, -0.1) is 0 Å². The highest BCUT2D eigenvalue weighted by Crippen LogP contribution is 2.28. The van der Waals surface area contributed by atoms with Crippen molar-refractivity contribution in [2.24, 2.45) is 0 Å². The SMILES string of the molecule is C=CC(=O)Nc1cc(F)c(Br)c(Cl)c1. The van der Waals surface area contributed by atoms with Gasteiger partial charge in [0, 0.05) is 5.69 Å². The molecule has 0 aromatic heterocycles. The summed E-state index contributed by atoms with van der Waals surface area (Å²) in [6.07, 6.45) is 1.09. The summed E-state index contributed by atoms with van der Waals surface area (Å²) < 4.78 is 13.3. The zero-order valence-corrected chi connectivity index (χ0v) is 9.32. The molecule has 0 saturated carbocycles. The largest absolute Gasteiger partial charge is 0.322 e. The summed E-state index contributed by atoms with van der Waals surface area (Å²) in [5, 5.41) is 2.60. The van der Waals surface area contributed by atoms with E-state index in [0.717, 1.165) is 12.1 Å². The summed E-state index contributed by atoms with van der Waals surface area (Å²) in [6, 6.07) is 2.60. The van der Waals surface area contributed by atoms with Crippen LogP contribution in [0.3, 0.4) is 0 Å². The molecule has 0 radical (unpaired) electrons. The molecule has 1 aromatic rings. The molecule has 14 heavy (non-hydrogen) atoms. The van der Waals surface area contributed by atoms with Crippen LogP contribution in [0.2, 0.25) is 5.02 Å². The van der Waals surface area contributed by atoms with Crippen molar-refractivity contribution in [3.8, 4) is 0 Å². The molecule has 5 heteroatoms. The maximum atomic E-state index is 13.1. The fourth-order valence-corrected chi connectivity index (χ4v) is 1.26. The Bertz CT molecular complexity index is 371. The van der Waals surface area contributed by atoms with Crippen LogP contribution in [0.15, 0.2) is 29.3 Å². The summed E-state index contributed by atoms with van der Waals surface area (Å²) >= 11 is 8.64. The van der Waals surface area contributed by atoms with E-state index in [2.05, 4.69) is 27.8 Å². The number of rotatable bonds is 2. The van der Waals surface area contributed by atoms with Gasteiger partial charge in [-0.3, -0.25) is 4.79 Å². The summed E-state index contributed by atoms with van der Waals surface area (Å²) in [6.45, 7) is 3.27. The number of anilines is 1. The lowest BCUT2D eigenvalue weighted by molar-refractivity contribution is -0.111. The van der Waals surface area contributed by atoms with E-state index in [1.165, 1.54) is 6.07 Å². The van der Waals surface area contributed by atoms with Crippen LogP contribution >= 0.6 is 27.5 Å². The van der Waals surface area contributed by atoms with Crippen molar-refractivity contribution in [3.05, 3.63) is 40.1 Å². The Morgan fingerprint density at radius 1 is 1.64 bits per heavy atom. The lowest BCUT2D eigenvalue weighted by Crippen LogP contribution is -2.07. The number of hydrogen-bond acceptors (Lipinski definition) is 1. The third-order valence-corrected chi connectivity index (χ3v) is 2.77. The zero-order chi connectivity index (χ0) is 10.7. The Balaban J connectivity index is 3.01. The van der Waals surface area contributed by atoms with Gasteiger partial charge in [0.05, 0.1) is 9.50 Å². The Morgan fingerprint density at radius 2 is 2.29 bits per heavy atom. The van der Waals surface area contributed by atoms with Crippen molar-refractivity contribution in [3.63, 3.8) is 0 Å². The average molecular weight is 279 g/mol. The number of nitrogens with one attached hydrogen (secondary N) is 1. The Morgan fingerprint density at radius 3 is 2.79 bits per heavy atom. The van der Waals surface area contributed by atoms with Crippen molar-refractivity contribution in [2.45, 2.75) is 0 Å². The topological polar surface area (TPSA) is 29.1 Å². The van der Waals surface area contributed by atoms with Crippen molar-refractivity contribution >= 4 is 39.1 Å². The minimum absolute atomic E-state index is 0.177. The quantitative estimate of drug-likeness (QED) is 0.652. The smallest absolute Gasteiger partial charge is 0.247 e. The number of halogens is 3. The first-order valence-electron chi connectivity index (χ1n) is 3.62. The molecule has 1 rings (SSSR count). The number of amides is 1. The second kappa shape index (κ2) is 4.57. The molecule has 0 atom stereocenters. The van der Waals surface area contributed by atoms with Gasteiger partial charge in [0.2, 0.25) is 5.91 Å². The van der Waals surface area contributed by atoms with Gasteiger partial charge in [-0.05, 0) is 34.1 Å². The fourth-order valence-electron chi connectivity index (χ4n) is 0.821. The second-order valence-corrected chi connectivity index (χ2v) is 3.65. The molecule has 0 aliphatic heterocycles. The highest BCUT2D eigenvalue weighted by atomic mass is 79.9. The summed E-state index contributed by atoms with van der Waals surface area (Å²) in [5.74, 6) is -0.945. The minimum Gasteiger partial charge on any atom is -0.322 e. The number of carbonyl (C=O) groups excluding carboxylic acids is 1. The first kappa shape index (κ1) is 11.2. The van der Waals surface area contributed by atoms with Crippen molar-refractivity contribution in [1.82, 2.24) is 0 Å². The van der Waals surface area contributed by atoms with Gasteiger partial charge in [-0.2, -0.15) is 0 Å². The Kier molecular flexibility index (Phi) is 3.66. The normalized spacial score (nSPS) is 9.64. The van der Waals surface area contributed by atoms with Crippen LogP contribution < -0.4 is 5.32 Å². The van der Waals surface area contributed by atoms with E-state index in [1.807, 2.05) is 0 Å². The highest BCUT2D eigenvalue weighted by molar-refractivity contribution is 9.10. The summed E-state index contributed by atoms with van der Waals surface area (Å²) in [4.78, 5) is 10.9. The zero-order valence-electron chi connectivity index (χ0n) is 6.98. The van der Waals surface area contributed by atoms with Crippen molar-refractivity contribution < 1.29 is 9.18 Å². The van der Waals surface area contributed by atoms with E-state index in [1.54, 1.807) is 0 Å². The molecule has 0 unspecified atom stereocenters. The predicted octanol–water partition coefficient (Wildman–Crippen LogP) is 3.37. The van der Waals surface area contributed by atoms with E-state index in [-0.39, 0.29) is 9.50 Å². The molecule has 0 spiro atoms. The summed E-state index contributed by atoms with van der Waals surface area (Å²) in [7, 11) is 0.